The lowest BCUT2D eigenvalue weighted by molar-refractivity contribution is -0.120. The molecule has 1 atom stereocenters. The van der Waals surface area contributed by atoms with E-state index in [2.05, 4.69) is 29.4 Å². The van der Waals surface area contributed by atoms with Gasteiger partial charge in [-0.2, -0.15) is 0 Å². The molecule has 0 saturated carbocycles. The Kier molecular flexibility index (Phi) is 7.94. The maximum atomic E-state index is 12.1. The summed E-state index contributed by atoms with van der Waals surface area (Å²) >= 11 is 0. The van der Waals surface area contributed by atoms with E-state index in [9.17, 15) is 9.59 Å². The molecule has 0 aromatic carbocycles. The molecule has 140 valence electrons. The van der Waals surface area contributed by atoms with Gasteiger partial charge in [0.15, 0.2) is 5.76 Å². The minimum atomic E-state index is -0.384. The second kappa shape index (κ2) is 10.2. The first-order chi connectivity index (χ1) is 12.2. The van der Waals surface area contributed by atoms with E-state index in [0.717, 1.165) is 39.1 Å². The maximum Gasteiger partial charge on any atom is 0.287 e. The van der Waals surface area contributed by atoms with Crippen molar-refractivity contribution in [2.24, 2.45) is 5.92 Å². The molecule has 0 bridgehead atoms. The molecule has 7 nitrogen and oxygen atoms in total. The molecular formula is C18H29N3O4. The maximum absolute atomic E-state index is 12.1. The van der Waals surface area contributed by atoms with Crippen molar-refractivity contribution in [3.8, 4) is 0 Å². The van der Waals surface area contributed by atoms with Crippen molar-refractivity contribution in [3.63, 3.8) is 0 Å². The standard InChI is InChI=1S/C18H29N3O4/c1-3-14(4-2)15(21-7-10-24-11-8-21)12-19-17(22)13-20-18(23)16-6-5-9-25-16/h5-6,9,14-15H,3-4,7-8,10-13H2,1-2H3,(H,19,22)(H,20,23). The Bertz CT molecular complexity index is 522. The van der Waals surface area contributed by atoms with E-state index in [1.807, 2.05) is 0 Å². The van der Waals surface area contributed by atoms with Crippen LogP contribution in [-0.2, 0) is 9.53 Å². The Morgan fingerprint density at radius 3 is 2.52 bits per heavy atom. The minimum absolute atomic E-state index is 0.0573. The fourth-order valence-electron chi connectivity index (χ4n) is 3.27. The van der Waals surface area contributed by atoms with Gasteiger partial charge in [0.2, 0.25) is 5.91 Å². The van der Waals surface area contributed by atoms with Crippen molar-refractivity contribution in [2.45, 2.75) is 32.7 Å². The number of amides is 2. The molecule has 1 aromatic rings. The van der Waals surface area contributed by atoms with E-state index in [-0.39, 0.29) is 24.1 Å². The van der Waals surface area contributed by atoms with Gasteiger partial charge in [-0.1, -0.05) is 26.7 Å². The average molecular weight is 351 g/mol. The lowest BCUT2D eigenvalue weighted by Gasteiger charge is -2.38. The average Bonchev–Trinajstić information content (AvgIpc) is 3.18. The smallest absolute Gasteiger partial charge is 0.287 e. The Morgan fingerprint density at radius 1 is 1.20 bits per heavy atom. The second-order valence-electron chi connectivity index (χ2n) is 6.26. The molecule has 1 saturated heterocycles. The van der Waals surface area contributed by atoms with Crippen molar-refractivity contribution in [1.82, 2.24) is 15.5 Å². The fourth-order valence-corrected chi connectivity index (χ4v) is 3.27. The Balaban J connectivity index is 1.81. The fraction of sp³-hybridized carbons (Fsp3) is 0.667. The minimum Gasteiger partial charge on any atom is -0.459 e. The molecule has 2 amide bonds. The number of hydrogen-bond acceptors (Lipinski definition) is 5. The molecule has 25 heavy (non-hydrogen) atoms. The zero-order valence-electron chi connectivity index (χ0n) is 15.1. The summed E-state index contributed by atoms with van der Waals surface area (Å²) in [7, 11) is 0. The summed E-state index contributed by atoms with van der Waals surface area (Å²) in [6, 6.07) is 3.50. The zero-order valence-corrected chi connectivity index (χ0v) is 15.1. The summed E-state index contributed by atoms with van der Waals surface area (Å²) in [6.45, 7) is 8.17. The summed E-state index contributed by atoms with van der Waals surface area (Å²) in [5.41, 5.74) is 0. The zero-order chi connectivity index (χ0) is 18.1. The van der Waals surface area contributed by atoms with Crippen LogP contribution >= 0.6 is 0 Å². The monoisotopic (exact) mass is 351 g/mol. The topological polar surface area (TPSA) is 83.8 Å². The summed E-state index contributed by atoms with van der Waals surface area (Å²) in [4.78, 5) is 26.3. The Labute approximate surface area is 149 Å². The molecule has 1 unspecified atom stereocenters. The highest BCUT2D eigenvalue weighted by atomic mass is 16.5. The molecule has 1 fully saturated rings. The van der Waals surface area contributed by atoms with Crippen LogP contribution in [0, 0.1) is 5.92 Å². The molecule has 2 N–H and O–H groups in total. The number of ether oxygens (including phenoxy) is 1. The van der Waals surface area contributed by atoms with Crippen LogP contribution in [0.2, 0.25) is 0 Å². The van der Waals surface area contributed by atoms with Crippen LogP contribution in [0.15, 0.2) is 22.8 Å². The molecule has 0 aliphatic carbocycles. The van der Waals surface area contributed by atoms with Gasteiger partial charge in [-0.05, 0) is 18.1 Å². The number of morpholine rings is 1. The highest BCUT2D eigenvalue weighted by Crippen LogP contribution is 2.19. The third-order valence-electron chi connectivity index (χ3n) is 4.77. The van der Waals surface area contributed by atoms with Crippen LogP contribution in [0.25, 0.3) is 0 Å². The number of nitrogens with one attached hydrogen (secondary N) is 2. The number of nitrogens with zero attached hydrogens (tertiary/aromatic N) is 1. The molecule has 1 aliphatic heterocycles. The number of carbonyl (C=O) groups excluding carboxylic acids is 2. The molecule has 2 rings (SSSR count). The molecular weight excluding hydrogens is 322 g/mol. The lowest BCUT2D eigenvalue weighted by Crippen LogP contribution is -2.52. The van der Waals surface area contributed by atoms with Gasteiger partial charge in [0, 0.05) is 25.7 Å². The second-order valence-corrected chi connectivity index (χ2v) is 6.26. The lowest BCUT2D eigenvalue weighted by atomic mass is 9.92. The van der Waals surface area contributed by atoms with E-state index in [4.69, 9.17) is 9.15 Å². The first-order valence-electron chi connectivity index (χ1n) is 9.05. The third kappa shape index (κ3) is 5.86. The van der Waals surface area contributed by atoms with Crippen LogP contribution in [-0.4, -0.2) is 62.1 Å². The van der Waals surface area contributed by atoms with E-state index in [0.29, 0.717) is 18.5 Å². The van der Waals surface area contributed by atoms with E-state index in [1.54, 1.807) is 12.1 Å². The van der Waals surface area contributed by atoms with Gasteiger partial charge in [0.05, 0.1) is 26.0 Å². The number of rotatable bonds is 9. The van der Waals surface area contributed by atoms with Gasteiger partial charge in [-0.3, -0.25) is 14.5 Å². The van der Waals surface area contributed by atoms with Gasteiger partial charge in [0.1, 0.15) is 0 Å². The van der Waals surface area contributed by atoms with Crippen molar-refractivity contribution in [3.05, 3.63) is 24.2 Å². The normalized spacial score (nSPS) is 16.6. The van der Waals surface area contributed by atoms with Crippen molar-refractivity contribution in [1.29, 1.82) is 0 Å². The van der Waals surface area contributed by atoms with Gasteiger partial charge < -0.3 is 19.8 Å². The largest absolute Gasteiger partial charge is 0.459 e. The van der Waals surface area contributed by atoms with E-state index >= 15 is 0 Å². The highest BCUT2D eigenvalue weighted by molar-refractivity contribution is 5.94. The van der Waals surface area contributed by atoms with E-state index < -0.39 is 0 Å². The SMILES string of the molecule is CCC(CC)C(CNC(=O)CNC(=O)c1ccco1)N1CCOCC1. The Hall–Kier alpha value is -1.86. The Morgan fingerprint density at radius 2 is 1.92 bits per heavy atom. The third-order valence-corrected chi connectivity index (χ3v) is 4.77. The number of carbonyl (C=O) groups is 2. The summed E-state index contributed by atoms with van der Waals surface area (Å²) in [5.74, 6) is 0.154. The molecule has 1 aliphatic rings. The quantitative estimate of drug-likeness (QED) is 0.700. The first kappa shape index (κ1) is 19.5. The number of hydrogen-bond donors (Lipinski definition) is 2. The predicted molar refractivity (Wildman–Crippen MR) is 94.3 cm³/mol. The summed E-state index contributed by atoms with van der Waals surface area (Å²) < 4.78 is 10.4. The van der Waals surface area contributed by atoms with Crippen LogP contribution in [0.1, 0.15) is 37.2 Å². The van der Waals surface area contributed by atoms with Crippen molar-refractivity contribution < 1.29 is 18.7 Å². The van der Waals surface area contributed by atoms with Gasteiger partial charge in [0.25, 0.3) is 5.91 Å². The summed E-state index contributed by atoms with van der Waals surface area (Å²) in [5, 5.41) is 5.53. The van der Waals surface area contributed by atoms with Gasteiger partial charge in [-0.15, -0.1) is 0 Å². The molecule has 7 heteroatoms. The van der Waals surface area contributed by atoms with Crippen LogP contribution < -0.4 is 10.6 Å². The molecule has 2 heterocycles. The molecule has 0 spiro atoms. The number of furan rings is 1. The van der Waals surface area contributed by atoms with Crippen molar-refractivity contribution >= 4 is 11.8 Å². The van der Waals surface area contributed by atoms with Crippen LogP contribution in [0.4, 0.5) is 0 Å². The van der Waals surface area contributed by atoms with Gasteiger partial charge in [-0.25, -0.2) is 0 Å². The van der Waals surface area contributed by atoms with Crippen molar-refractivity contribution in [2.75, 3.05) is 39.4 Å². The highest BCUT2D eigenvalue weighted by Gasteiger charge is 2.27. The van der Waals surface area contributed by atoms with Crippen LogP contribution in [0.3, 0.4) is 0 Å². The predicted octanol–water partition coefficient (Wildman–Crippen LogP) is 1.26. The van der Waals surface area contributed by atoms with Gasteiger partial charge >= 0.3 is 0 Å². The first-order valence-corrected chi connectivity index (χ1v) is 9.05. The molecule has 1 aromatic heterocycles. The molecule has 0 radical (unpaired) electrons. The van der Waals surface area contributed by atoms with Crippen LogP contribution in [0.5, 0.6) is 0 Å². The summed E-state index contributed by atoms with van der Waals surface area (Å²) in [6.07, 6.45) is 3.57. The van der Waals surface area contributed by atoms with E-state index in [1.165, 1.54) is 6.26 Å².